The summed E-state index contributed by atoms with van der Waals surface area (Å²) in [6.45, 7) is 3.70. The number of nitrogens with zero attached hydrogens (tertiary/aromatic N) is 2. The van der Waals surface area contributed by atoms with Crippen molar-refractivity contribution < 1.29 is 4.74 Å². The molecule has 3 aromatic rings. The fraction of sp³-hybridized carbons (Fsp3) is 0.409. The zero-order chi connectivity index (χ0) is 19.8. The summed E-state index contributed by atoms with van der Waals surface area (Å²) in [5.41, 5.74) is 3.09. The number of fused-ring (bicyclic) bond motifs is 2. The standard InChI is InChI=1S/C22H27Cl2N3O/c1-28-17-8-9-21-19(16-17)22(18-6-2-3-7-20(18)26-21)25-12-4-5-13-27(14-10-23)15-11-24/h2-3,6-9,16H,4-5,10-15H2,1H3,(H,25,26). The fourth-order valence-electron chi connectivity index (χ4n) is 3.44. The van der Waals surface area contributed by atoms with Gasteiger partial charge in [0.05, 0.1) is 23.8 Å². The summed E-state index contributed by atoms with van der Waals surface area (Å²) in [6.07, 6.45) is 2.17. The molecule has 0 unspecified atom stereocenters. The largest absolute Gasteiger partial charge is 0.497 e. The van der Waals surface area contributed by atoms with Gasteiger partial charge in [0.15, 0.2) is 0 Å². The number of rotatable bonds is 11. The second-order valence-electron chi connectivity index (χ2n) is 6.74. The lowest BCUT2D eigenvalue weighted by Gasteiger charge is -2.20. The molecule has 6 heteroatoms. The SMILES string of the molecule is COc1ccc2nc3ccccc3c(NCCCCN(CCCl)CCCl)c2c1. The van der Waals surface area contributed by atoms with Crippen LogP contribution in [-0.4, -0.2) is 54.9 Å². The van der Waals surface area contributed by atoms with E-state index in [9.17, 15) is 0 Å². The molecule has 0 saturated heterocycles. The molecule has 0 spiro atoms. The summed E-state index contributed by atoms with van der Waals surface area (Å²) < 4.78 is 5.42. The lowest BCUT2D eigenvalue weighted by Crippen LogP contribution is -2.29. The predicted molar refractivity (Wildman–Crippen MR) is 121 cm³/mol. The van der Waals surface area contributed by atoms with Crippen LogP contribution in [0, 0.1) is 0 Å². The number of hydrogen-bond acceptors (Lipinski definition) is 4. The number of anilines is 1. The average Bonchev–Trinajstić information content (AvgIpc) is 2.72. The van der Waals surface area contributed by atoms with Crippen LogP contribution in [0.5, 0.6) is 5.75 Å². The van der Waals surface area contributed by atoms with Crippen LogP contribution in [0.4, 0.5) is 5.69 Å². The minimum atomic E-state index is 0.645. The van der Waals surface area contributed by atoms with Gasteiger partial charge in [-0.1, -0.05) is 18.2 Å². The zero-order valence-corrected chi connectivity index (χ0v) is 17.8. The van der Waals surface area contributed by atoms with Gasteiger partial charge in [-0.15, -0.1) is 23.2 Å². The number of halogens is 2. The molecule has 0 bridgehead atoms. The topological polar surface area (TPSA) is 37.4 Å². The van der Waals surface area contributed by atoms with Crippen molar-refractivity contribution >= 4 is 50.7 Å². The Morgan fingerprint density at radius 1 is 0.929 bits per heavy atom. The molecule has 0 aliphatic heterocycles. The Bertz CT molecular complexity index is 897. The van der Waals surface area contributed by atoms with Gasteiger partial charge in [-0.2, -0.15) is 0 Å². The number of methoxy groups -OCH3 is 1. The van der Waals surface area contributed by atoms with E-state index in [1.165, 1.54) is 0 Å². The van der Waals surface area contributed by atoms with E-state index >= 15 is 0 Å². The van der Waals surface area contributed by atoms with Gasteiger partial charge in [0, 0.05) is 42.2 Å². The van der Waals surface area contributed by atoms with E-state index in [1.807, 2.05) is 18.2 Å². The van der Waals surface area contributed by atoms with Gasteiger partial charge in [-0.25, -0.2) is 4.98 Å². The summed E-state index contributed by atoms with van der Waals surface area (Å²) >= 11 is 11.7. The Balaban J connectivity index is 1.73. The van der Waals surface area contributed by atoms with Crippen LogP contribution in [0.3, 0.4) is 0 Å². The molecule has 0 fully saturated rings. The van der Waals surface area contributed by atoms with Crippen molar-refractivity contribution in [2.24, 2.45) is 0 Å². The van der Waals surface area contributed by atoms with E-state index in [4.69, 9.17) is 32.9 Å². The molecule has 4 nitrogen and oxygen atoms in total. The number of nitrogens with one attached hydrogen (secondary N) is 1. The molecule has 1 aromatic heterocycles. The number of alkyl halides is 2. The van der Waals surface area contributed by atoms with Crippen LogP contribution < -0.4 is 10.1 Å². The van der Waals surface area contributed by atoms with Crippen molar-refractivity contribution in [1.29, 1.82) is 0 Å². The minimum Gasteiger partial charge on any atom is -0.497 e. The van der Waals surface area contributed by atoms with E-state index in [-0.39, 0.29) is 0 Å². The summed E-state index contributed by atoms with van der Waals surface area (Å²) in [7, 11) is 1.69. The van der Waals surface area contributed by atoms with Gasteiger partial charge < -0.3 is 15.0 Å². The molecule has 0 aliphatic rings. The summed E-state index contributed by atoms with van der Waals surface area (Å²) in [6, 6.07) is 14.3. The van der Waals surface area contributed by atoms with Gasteiger partial charge in [-0.3, -0.25) is 0 Å². The highest BCUT2D eigenvalue weighted by Gasteiger charge is 2.10. The summed E-state index contributed by atoms with van der Waals surface area (Å²) in [4.78, 5) is 7.12. The van der Waals surface area contributed by atoms with E-state index in [1.54, 1.807) is 7.11 Å². The Kier molecular flexibility index (Phi) is 8.01. The maximum absolute atomic E-state index is 5.87. The van der Waals surface area contributed by atoms with Gasteiger partial charge >= 0.3 is 0 Å². The molecule has 3 rings (SSSR count). The maximum atomic E-state index is 5.87. The molecule has 0 saturated carbocycles. The molecule has 0 radical (unpaired) electrons. The van der Waals surface area contributed by atoms with E-state index in [0.717, 1.165) is 72.3 Å². The average molecular weight is 420 g/mol. The van der Waals surface area contributed by atoms with E-state index in [0.29, 0.717) is 11.8 Å². The Morgan fingerprint density at radius 2 is 1.68 bits per heavy atom. The van der Waals surface area contributed by atoms with Gasteiger partial charge in [-0.05, 0) is 43.7 Å². The van der Waals surface area contributed by atoms with Crippen molar-refractivity contribution in [3.05, 3.63) is 42.5 Å². The number of pyridine rings is 1. The molecule has 0 amide bonds. The van der Waals surface area contributed by atoms with Crippen molar-refractivity contribution in [1.82, 2.24) is 9.88 Å². The van der Waals surface area contributed by atoms with Crippen LogP contribution in [0.2, 0.25) is 0 Å². The van der Waals surface area contributed by atoms with Gasteiger partial charge in [0.2, 0.25) is 0 Å². The number of benzene rings is 2. The highest BCUT2D eigenvalue weighted by atomic mass is 35.5. The number of hydrogen-bond donors (Lipinski definition) is 1. The first-order valence-electron chi connectivity index (χ1n) is 9.71. The second-order valence-corrected chi connectivity index (χ2v) is 7.50. The number of aromatic nitrogens is 1. The maximum Gasteiger partial charge on any atom is 0.119 e. The lowest BCUT2D eigenvalue weighted by atomic mass is 10.1. The minimum absolute atomic E-state index is 0.645. The third-order valence-corrected chi connectivity index (χ3v) is 5.23. The third-order valence-electron chi connectivity index (χ3n) is 4.89. The van der Waals surface area contributed by atoms with E-state index < -0.39 is 0 Å². The van der Waals surface area contributed by atoms with Gasteiger partial charge in [0.25, 0.3) is 0 Å². The highest BCUT2D eigenvalue weighted by Crippen LogP contribution is 2.32. The van der Waals surface area contributed by atoms with Crippen molar-refractivity contribution in [3.63, 3.8) is 0 Å². The normalized spacial score (nSPS) is 11.4. The molecule has 1 heterocycles. The number of para-hydroxylation sites is 1. The van der Waals surface area contributed by atoms with Crippen LogP contribution in [0.15, 0.2) is 42.5 Å². The second kappa shape index (κ2) is 10.7. The summed E-state index contributed by atoms with van der Waals surface area (Å²) in [5.74, 6) is 2.13. The van der Waals surface area contributed by atoms with E-state index in [2.05, 4.69) is 34.5 Å². The Morgan fingerprint density at radius 3 is 2.43 bits per heavy atom. The monoisotopic (exact) mass is 419 g/mol. The first kappa shape index (κ1) is 21.0. The molecular formula is C22H27Cl2N3O. The molecule has 1 N–H and O–H groups in total. The van der Waals surface area contributed by atoms with Crippen LogP contribution >= 0.6 is 23.2 Å². The molecule has 0 aliphatic carbocycles. The third kappa shape index (κ3) is 5.19. The smallest absolute Gasteiger partial charge is 0.119 e. The Hall–Kier alpha value is -1.75. The lowest BCUT2D eigenvalue weighted by molar-refractivity contribution is 0.301. The molecule has 0 atom stereocenters. The van der Waals surface area contributed by atoms with Crippen molar-refractivity contribution in [2.45, 2.75) is 12.8 Å². The molecular weight excluding hydrogens is 393 g/mol. The first-order chi connectivity index (χ1) is 13.8. The molecule has 2 aromatic carbocycles. The van der Waals surface area contributed by atoms with Crippen LogP contribution in [0.1, 0.15) is 12.8 Å². The number of ether oxygens (including phenoxy) is 1. The summed E-state index contributed by atoms with van der Waals surface area (Å²) in [5, 5.41) is 5.87. The number of unbranched alkanes of at least 4 members (excludes halogenated alkanes) is 1. The van der Waals surface area contributed by atoms with Gasteiger partial charge in [0.1, 0.15) is 5.75 Å². The Labute approximate surface area is 176 Å². The highest BCUT2D eigenvalue weighted by molar-refractivity contribution is 6.18. The van der Waals surface area contributed by atoms with Crippen molar-refractivity contribution in [3.8, 4) is 5.75 Å². The molecule has 150 valence electrons. The van der Waals surface area contributed by atoms with Crippen LogP contribution in [-0.2, 0) is 0 Å². The fourth-order valence-corrected chi connectivity index (χ4v) is 3.91. The molecule has 28 heavy (non-hydrogen) atoms. The first-order valence-corrected chi connectivity index (χ1v) is 10.8. The van der Waals surface area contributed by atoms with Crippen molar-refractivity contribution in [2.75, 3.05) is 50.4 Å². The predicted octanol–water partition coefficient (Wildman–Crippen LogP) is 5.37. The van der Waals surface area contributed by atoms with Crippen LogP contribution in [0.25, 0.3) is 21.8 Å². The quantitative estimate of drug-likeness (QED) is 0.257. The zero-order valence-electron chi connectivity index (χ0n) is 16.3.